The highest BCUT2D eigenvalue weighted by atomic mass is 16.7. The van der Waals surface area contributed by atoms with E-state index in [0.717, 1.165) is 38.5 Å². The van der Waals surface area contributed by atoms with Crippen LogP contribution < -0.4 is 0 Å². The van der Waals surface area contributed by atoms with Crippen LogP contribution in [0.25, 0.3) is 0 Å². The van der Waals surface area contributed by atoms with E-state index >= 15 is 0 Å². The molecule has 5 saturated carbocycles. The Morgan fingerprint density at radius 1 is 0.938 bits per heavy atom. The Morgan fingerprint density at radius 2 is 1.62 bits per heavy atom. The van der Waals surface area contributed by atoms with Crippen LogP contribution in [-0.2, 0) is 23.7 Å². The lowest BCUT2D eigenvalue weighted by molar-refractivity contribution is -0.290. The summed E-state index contributed by atoms with van der Waals surface area (Å²) in [6.45, 7) is 13.4. The molecule has 2 spiro atoms. The van der Waals surface area contributed by atoms with Gasteiger partial charge in [-0.2, -0.15) is 0 Å². The number of carbonyl (C=O) groups is 1. The zero-order valence-corrected chi connectivity index (χ0v) is 29.9. The van der Waals surface area contributed by atoms with Crippen molar-refractivity contribution in [1.82, 2.24) is 0 Å². The summed E-state index contributed by atoms with van der Waals surface area (Å²) in [6, 6.07) is 0. The van der Waals surface area contributed by atoms with E-state index in [1.807, 2.05) is 6.92 Å². The number of aliphatic hydroxyl groups excluding tert-OH is 5. The highest BCUT2D eigenvalue weighted by Gasteiger charge is 2.86. The number of carbonyl (C=O) groups excluding carboxylic acids is 1. The van der Waals surface area contributed by atoms with Crippen molar-refractivity contribution in [2.45, 2.75) is 166 Å². The molecule has 0 aromatic heterocycles. The first-order chi connectivity index (χ1) is 22.2. The first-order valence-corrected chi connectivity index (χ1v) is 18.4. The molecular formula is C37H60O11. The number of ether oxygens (including phenoxy) is 4. The first-order valence-electron chi connectivity index (χ1n) is 18.4. The highest BCUT2D eigenvalue weighted by molar-refractivity contribution is 5.66. The van der Waals surface area contributed by atoms with Gasteiger partial charge in [-0.3, -0.25) is 4.79 Å². The van der Waals surface area contributed by atoms with Crippen LogP contribution in [0.4, 0.5) is 0 Å². The SMILES string of the molecule is CC(=O)O[C@@H]1[C@@H](O)[C@]2(C)[C@H]3CC(C)(C)[C@@H]4C[C@H](O[C@H]5OC[C@H](O)[C@@H](O)[C@@H]5O)CC[C@]45C[C@]35CC[C@@]2(CO)[C@@H]1[C@@]1(C)CC[C@@H](C(C)(C)O)O1. The van der Waals surface area contributed by atoms with Gasteiger partial charge in [0.15, 0.2) is 6.29 Å². The molecule has 7 rings (SSSR count). The van der Waals surface area contributed by atoms with Crippen molar-refractivity contribution < 1.29 is 54.4 Å². The lowest BCUT2D eigenvalue weighted by atomic mass is 9.39. The van der Waals surface area contributed by atoms with Gasteiger partial charge in [0.05, 0.1) is 36.1 Å². The molecule has 7 fully saturated rings. The van der Waals surface area contributed by atoms with Gasteiger partial charge >= 0.3 is 5.97 Å². The fraction of sp³-hybridized carbons (Fsp3) is 0.973. The van der Waals surface area contributed by atoms with Crippen molar-refractivity contribution in [1.29, 1.82) is 0 Å². The second-order valence-corrected chi connectivity index (χ2v) is 18.8. The van der Waals surface area contributed by atoms with Crippen molar-refractivity contribution in [3.8, 4) is 0 Å². The quantitative estimate of drug-likeness (QED) is 0.180. The number of hydrogen-bond acceptors (Lipinski definition) is 11. The molecule has 0 aromatic carbocycles. The number of esters is 1. The predicted molar refractivity (Wildman–Crippen MR) is 172 cm³/mol. The molecule has 0 unspecified atom stereocenters. The van der Waals surface area contributed by atoms with Crippen molar-refractivity contribution in [2.75, 3.05) is 13.2 Å². The van der Waals surface area contributed by atoms with E-state index in [2.05, 4.69) is 20.8 Å². The molecule has 16 atom stereocenters. The molecule has 2 aliphatic heterocycles. The zero-order chi connectivity index (χ0) is 35.0. The van der Waals surface area contributed by atoms with Crippen LogP contribution in [0.3, 0.4) is 0 Å². The van der Waals surface area contributed by atoms with Crippen LogP contribution in [0.15, 0.2) is 0 Å². The molecule has 2 heterocycles. The molecule has 0 radical (unpaired) electrons. The smallest absolute Gasteiger partial charge is 0.303 e. The van der Waals surface area contributed by atoms with Crippen LogP contribution >= 0.6 is 0 Å². The van der Waals surface area contributed by atoms with Crippen molar-refractivity contribution in [3.05, 3.63) is 0 Å². The third-order valence-corrected chi connectivity index (χ3v) is 15.7. The minimum absolute atomic E-state index is 0.0313. The summed E-state index contributed by atoms with van der Waals surface area (Å²) >= 11 is 0. The summed E-state index contributed by atoms with van der Waals surface area (Å²) < 4.78 is 24.7. The predicted octanol–water partition coefficient (Wildman–Crippen LogP) is 2.44. The molecular weight excluding hydrogens is 620 g/mol. The molecule has 48 heavy (non-hydrogen) atoms. The molecule has 0 amide bonds. The fourth-order valence-electron chi connectivity index (χ4n) is 13.5. The van der Waals surface area contributed by atoms with E-state index in [4.69, 9.17) is 18.9 Å². The first kappa shape index (κ1) is 35.5. The lowest BCUT2D eigenvalue weighted by Gasteiger charge is -2.65. The molecule has 11 nitrogen and oxygen atoms in total. The van der Waals surface area contributed by atoms with Crippen LogP contribution in [0, 0.1) is 44.8 Å². The summed E-state index contributed by atoms with van der Waals surface area (Å²) in [4.78, 5) is 12.7. The highest BCUT2D eigenvalue weighted by Crippen LogP contribution is 2.90. The molecule has 274 valence electrons. The van der Waals surface area contributed by atoms with Gasteiger partial charge in [0, 0.05) is 30.3 Å². The van der Waals surface area contributed by atoms with Crippen LogP contribution in [-0.4, -0.2) is 110 Å². The van der Waals surface area contributed by atoms with Gasteiger partial charge in [-0.1, -0.05) is 20.8 Å². The second-order valence-electron chi connectivity index (χ2n) is 18.8. The van der Waals surface area contributed by atoms with Crippen LogP contribution in [0.2, 0.25) is 0 Å². The fourth-order valence-corrected chi connectivity index (χ4v) is 13.5. The summed E-state index contributed by atoms with van der Waals surface area (Å²) in [5.74, 6) is -0.528. The average Bonchev–Trinajstić information content (AvgIpc) is 3.37. The number of fused-ring (bicyclic) bond motifs is 2. The monoisotopic (exact) mass is 680 g/mol. The van der Waals surface area contributed by atoms with Crippen LogP contribution in [0.5, 0.6) is 0 Å². The van der Waals surface area contributed by atoms with Gasteiger partial charge < -0.3 is 49.6 Å². The Balaban J connectivity index is 1.21. The Labute approximate surface area is 284 Å². The summed E-state index contributed by atoms with van der Waals surface area (Å²) in [7, 11) is 0. The van der Waals surface area contributed by atoms with Gasteiger partial charge in [-0.05, 0) is 107 Å². The molecule has 0 aromatic rings. The van der Waals surface area contributed by atoms with E-state index in [9.17, 15) is 35.4 Å². The Kier molecular flexibility index (Phi) is 8.18. The topological polar surface area (TPSA) is 175 Å². The maximum absolute atomic E-state index is 12.7. The number of aliphatic hydroxyl groups is 6. The molecule has 6 N–H and O–H groups in total. The van der Waals surface area contributed by atoms with Crippen molar-refractivity contribution >= 4 is 5.97 Å². The molecule has 2 saturated heterocycles. The maximum Gasteiger partial charge on any atom is 0.303 e. The van der Waals surface area contributed by atoms with Gasteiger partial charge in [0.25, 0.3) is 0 Å². The zero-order valence-electron chi connectivity index (χ0n) is 29.9. The lowest BCUT2D eigenvalue weighted by Crippen LogP contribution is -2.63. The minimum Gasteiger partial charge on any atom is -0.459 e. The van der Waals surface area contributed by atoms with E-state index in [0.29, 0.717) is 25.2 Å². The minimum atomic E-state index is -1.32. The second kappa shape index (κ2) is 11.1. The largest absolute Gasteiger partial charge is 0.459 e. The summed E-state index contributed by atoms with van der Waals surface area (Å²) in [5, 5.41) is 65.8. The third kappa shape index (κ3) is 4.60. The van der Waals surface area contributed by atoms with Gasteiger partial charge in [0.2, 0.25) is 0 Å². The Hall–Kier alpha value is -0.890. The van der Waals surface area contributed by atoms with Crippen molar-refractivity contribution in [2.24, 2.45) is 44.8 Å². The van der Waals surface area contributed by atoms with E-state index in [1.54, 1.807) is 13.8 Å². The van der Waals surface area contributed by atoms with E-state index in [-0.39, 0.29) is 41.5 Å². The normalized spacial score (nSPS) is 55.6. The Morgan fingerprint density at radius 3 is 2.25 bits per heavy atom. The third-order valence-electron chi connectivity index (χ3n) is 15.7. The average molecular weight is 681 g/mol. The van der Waals surface area contributed by atoms with Gasteiger partial charge in [-0.15, -0.1) is 0 Å². The van der Waals surface area contributed by atoms with Crippen molar-refractivity contribution in [3.63, 3.8) is 0 Å². The van der Waals surface area contributed by atoms with E-state index < -0.39 is 76.8 Å². The summed E-state index contributed by atoms with van der Waals surface area (Å²) in [6.07, 6.45) is 0.00475. The van der Waals surface area contributed by atoms with Gasteiger partial charge in [0.1, 0.15) is 24.4 Å². The maximum atomic E-state index is 12.7. The molecule has 0 bridgehead atoms. The Bertz CT molecular complexity index is 1280. The summed E-state index contributed by atoms with van der Waals surface area (Å²) in [5.41, 5.74) is -3.55. The van der Waals surface area contributed by atoms with Crippen LogP contribution in [0.1, 0.15) is 106 Å². The van der Waals surface area contributed by atoms with Gasteiger partial charge in [-0.25, -0.2) is 0 Å². The standard InChI is InChI=1S/C37H60O11/c1-19(39)46-27-28(33(6)10-9-24(48-33)32(4,5)44)37(18-38)13-12-36-17-35(36)11-8-20(47-30-26(42)25(41)21(40)16-45-30)14-22(35)31(2,3)15-23(36)34(37,7)29(27)43/h20-30,38,40-44H,8-18H2,1-7H3/t20-,21+,22+,23-,24+,25-,26+,27+,28+,29-,30-,33-,34+,35+,36-,37-/m1/s1. The number of rotatable bonds is 6. The molecule has 5 aliphatic carbocycles. The number of hydrogen-bond donors (Lipinski definition) is 6. The molecule has 7 aliphatic rings. The molecule has 11 heteroatoms. The van der Waals surface area contributed by atoms with E-state index in [1.165, 1.54) is 6.92 Å².